The second-order valence-electron chi connectivity index (χ2n) is 7.05. The van der Waals surface area contributed by atoms with Crippen molar-refractivity contribution in [3.63, 3.8) is 0 Å². The van der Waals surface area contributed by atoms with Crippen LogP contribution in [-0.4, -0.2) is 43.0 Å². The lowest BCUT2D eigenvalue weighted by Gasteiger charge is -2.38. The highest BCUT2D eigenvalue weighted by molar-refractivity contribution is 6.03. The van der Waals surface area contributed by atoms with Crippen LogP contribution in [0.4, 0.5) is 11.4 Å². The molecule has 0 saturated carbocycles. The lowest BCUT2D eigenvalue weighted by Crippen LogP contribution is -2.52. The van der Waals surface area contributed by atoms with E-state index in [9.17, 15) is 4.79 Å². The molecule has 0 spiro atoms. The van der Waals surface area contributed by atoms with Gasteiger partial charge in [-0.05, 0) is 30.5 Å². The monoisotopic (exact) mass is 359 g/mol. The van der Waals surface area contributed by atoms with Crippen LogP contribution in [0.25, 0.3) is 10.8 Å². The smallest absolute Gasteiger partial charge is 0.241 e. The largest absolute Gasteiger partial charge is 0.369 e. The Kier molecular flexibility index (Phi) is 5.07. The molecule has 4 heteroatoms. The van der Waals surface area contributed by atoms with Gasteiger partial charge in [-0.15, -0.1) is 0 Å². The third kappa shape index (κ3) is 3.81. The van der Waals surface area contributed by atoms with Crippen LogP contribution >= 0.6 is 0 Å². The fraction of sp³-hybridized carbons (Fsp3) is 0.261. The van der Waals surface area contributed by atoms with Crippen molar-refractivity contribution in [1.82, 2.24) is 4.90 Å². The van der Waals surface area contributed by atoms with Crippen molar-refractivity contribution >= 4 is 28.1 Å². The summed E-state index contributed by atoms with van der Waals surface area (Å²) in [5, 5.41) is 5.35. The molecule has 0 aromatic heterocycles. The van der Waals surface area contributed by atoms with Crippen LogP contribution in [-0.2, 0) is 4.79 Å². The number of amides is 1. The maximum atomic E-state index is 12.8. The normalized spacial score (nSPS) is 16.3. The standard InChI is InChI=1S/C23H25N3O/c1-18(25-14-16-26(17-15-25)20-10-3-2-4-11-20)23(27)24-22-13-7-9-19-8-5-6-12-21(19)22/h2-13,18H,14-17H2,1H3,(H,24,27)/t18-/m1/s1. The Morgan fingerprint density at radius 3 is 2.30 bits per heavy atom. The van der Waals surface area contributed by atoms with E-state index in [0.717, 1.165) is 42.6 Å². The Labute approximate surface area is 160 Å². The van der Waals surface area contributed by atoms with E-state index in [1.807, 2.05) is 43.3 Å². The van der Waals surface area contributed by atoms with Gasteiger partial charge < -0.3 is 10.2 Å². The highest BCUT2D eigenvalue weighted by Gasteiger charge is 2.25. The number of nitrogens with one attached hydrogen (secondary N) is 1. The minimum Gasteiger partial charge on any atom is -0.369 e. The molecule has 4 rings (SSSR count). The number of benzene rings is 3. The highest BCUT2D eigenvalue weighted by atomic mass is 16.2. The van der Waals surface area contributed by atoms with Gasteiger partial charge in [-0.3, -0.25) is 9.69 Å². The summed E-state index contributed by atoms with van der Waals surface area (Å²) in [7, 11) is 0. The molecule has 1 atom stereocenters. The second kappa shape index (κ2) is 7.80. The first-order valence-electron chi connectivity index (χ1n) is 9.55. The molecule has 1 N–H and O–H groups in total. The lowest BCUT2D eigenvalue weighted by molar-refractivity contribution is -0.120. The van der Waals surface area contributed by atoms with E-state index in [4.69, 9.17) is 0 Å². The number of nitrogens with zero attached hydrogens (tertiary/aromatic N) is 2. The predicted octanol–water partition coefficient (Wildman–Crippen LogP) is 3.99. The second-order valence-corrected chi connectivity index (χ2v) is 7.05. The minimum absolute atomic E-state index is 0.0551. The number of rotatable bonds is 4. The van der Waals surface area contributed by atoms with Crippen molar-refractivity contribution in [1.29, 1.82) is 0 Å². The Morgan fingerprint density at radius 1 is 0.852 bits per heavy atom. The third-order valence-corrected chi connectivity index (χ3v) is 5.41. The van der Waals surface area contributed by atoms with Crippen molar-refractivity contribution in [2.75, 3.05) is 36.4 Å². The van der Waals surface area contributed by atoms with Gasteiger partial charge in [0.15, 0.2) is 0 Å². The molecule has 1 amide bonds. The number of anilines is 2. The van der Waals surface area contributed by atoms with Crippen molar-refractivity contribution in [2.24, 2.45) is 0 Å². The van der Waals surface area contributed by atoms with Gasteiger partial charge >= 0.3 is 0 Å². The van der Waals surface area contributed by atoms with Gasteiger partial charge in [0.1, 0.15) is 0 Å². The van der Waals surface area contributed by atoms with Gasteiger partial charge in [0, 0.05) is 42.9 Å². The number of hydrogen-bond donors (Lipinski definition) is 1. The molecule has 0 unspecified atom stereocenters. The summed E-state index contributed by atoms with van der Waals surface area (Å²) in [6.07, 6.45) is 0. The first-order chi connectivity index (χ1) is 13.2. The molecule has 138 valence electrons. The van der Waals surface area contributed by atoms with Gasteiger partial charge in [-0.2, -0.15) is 0 Å². The molecule has 3 aromatic rings. The average molecular weight is 359 g/mol. The first-order valence-corrected chi connectivity index (χ1v) is 9.55. The first kappa shape index (κ1) is 17.6. The van der Waals surface area contributed by atoms with Crippen molar-refractivity contribution in [2.45, 2.75) is 13.0 Å². The zero-order valence-electron chi connectivity index (χ0n) is 15.6. The minimum atomic E-state index is -0.151. The van der Waals surface area contributed by atoms with Crippen molar-refractivity contribution < 1.29 is 4.79 Å². The summed E-state index contributed by atoms with van der Waals surface area (Å²) in [4.78, 5) is 17.5. The number of para-hydroxylation sites is 1. The van der Waals surface area contributed by atoms with Crippen LogP contribution in [0, 0.1) is 0 Å². The molecular formula is C23H25N3O. The Balaban J connectivity index is 1.40. The molecule has 3 aromatic carbocycles. The topological polar surface area (TPSA) is 35.6 Å². The van der Waals surface area contributed by atoms with E-state index in [2.05, 4.69) is 51.5 Å². The Morgan fingerprint density at radius 2 is 1.52 bits per heavy atom. The number of fused-ring (bicyclic) bond motifs is 1. The zero-order valence-corrected chi connectivity index (χ0v) is 15.6. The molecule has 1 aliphatic heterocycles. The maximum absolute atomic E-state index is 12.8. The summed E-state index contributed by atoms with van der Waals surface area (Å²) >= 11 is 0. The summed E-state index contributed by atoms with van der Waals surface area (Å²) in [5.74, 6) is 0.0551. The number of carbonyl (C=O) groups excluding carboxylic acids is 1. The molecule has 0 bridgehead atoms. The Hall–Kier alpha value is -2.85. The van der Waals surface area contributed by atoms with Crippen molar-refractivity contribution in [3.05, 3.63) is 72.8 Å². The number of piperazine rings is 1. The van der Waals surface area contributed by atoms with Crippen LogP contribution in [0.2, 0.25) is 0 Å². The molecule has 0 aliphatic carbocycles. The SMILES string of the molecule is C[C@H](C(=O)Nc1cccc2ccccc12)N1CCN(c2ccccc2)CC1. The fourth-order valence-corrected chi connectivity index (χ4v) is 3.74. The van der Waals surface area contributed by atoms with E-state index in [0.29, 0.717) is 0 Å². The van der Waals surface area contributed by atoms with Crippen LogP contribution in [0.15, 0.2) is 72.8 Å². The summed E-state index contributed by atoms with van der Waals surface area (Å²) in [6.45, 7) is 5.66. The average Bonchev–Trinajstić information content (AvgIpc) is 2.74. The number of hydrogen-bond acceptors (Lipinski definition) is 3. The van der Waals surface area contributed by atoms with Crippen LogP contribution in [0.3, 0.4) is 0 Å². The number of carbonyl (C=O) groups is 1. The molecule has 27 heavy (non-hydrogen) atoms. The van der Waals surface area contributed by atoms with Crippen molar-refractivity contribution in [3.8, 4) is 0 Å². The molecule has 1 fully saturated rings. The quantitative estimate of drug-likeness (QED) is 0.765. The van der Waals surface area contributed by atoms with E-state index in [1.165, 1.54) is 5.69 Å². The Bertz CT molecular complexity index is 912. The van der Waals surface area contributed by atoms with E-state index < -0.39 is 0 Å². The lowest BCUT2D eigenvalue weighted by atomic mass is 10.1. The van der Waals surface area contributed by atoms with Gasteiger partial charge in [-0.25, -0.2) is 0 Å². The molecule has 1 heterocycles. The molecular weight excluding hydrogens is 334 g/mol. The van der Waals surface area contributed by atoms with Crippen LogP contribution in [0.1, 0.15) is 6.92 Å². The van der Waals surface area contributed by atoms with Gasteiger partial charge in [-0.1, -0.05) is 54.6 Å². The van der Waals surface area contributed by atoms with E-state index >= 15 is 0 Å². The maximum Gasteiger partial charge on any atom is 0.241 e. The van der Waals surface area contributed by atoms with Gasteiger partial charge in [0.05, 0.1) is 6.04 Å². The highest BCUT2D eigenvalue weighted by Crippen LogP contribution is 2.23. The van der Waals surface area contributed by atoms with E-state index in [-0.39, 0.29) is 11.9 Å². The third-order valence-electron chi connectivity index (χ3n) is 5.41. The predicted molar refractivity (Wildman–Crippen MR) is 112 cm³/mol. The van der Waals surface area contributed by atoms with Gasteiger partial charge in [0.2, 0.25) is 5.91 Å². The molecule has 1 saturated heterocycles. The molecule has 1 aliphatic rings. The van der Waals surface area contributed by atoms with Gasteiger partial charge in [0.25, 0.3) is 0 Å². The summed E-state index contributed by atoms with van der Waals surface area (Å²) in [5.41, 5.74) is 2.14. The van der Waals surface area contributed by atoms with Crippen LogP contribution < -0.4 is 10.2 Å². The van der Waals surface area contributed by atoms with Crippen LogP contribution in [0.5, 0.6) is 0 Å². The summed E-state index contributed by atoms with van der Waals surface area (Å²) < 4.78 is 0. The molecule has 4 nitrogen and oxygen atoms in total. The van der Waals surface area contributed by atoms with E-state index in [1.54, 1.807) is 0 Å². The molecule has 0 radical (unpaired) electrons. The summed E-state index contributed by atoms with van der Waals surface area (Å²) in [6, 6.07) is 24.5. The fourth-order valence-electron chi connectivity index (χ4n) is 3.74. The zero-order chi connectivity index (χ0) is 18.6.